The summed E-state index contributed by atoms with van der Waals surface area (Å²) in [6, 6.07) is 0. The third-order valence-electron chi connectivity index (χ3n) is 4.05. The molecule has 17 heavy (non-hydrogen) atoms. The molecule has 1 saturated carbocycles. The lowest BCUT2D eigenvalue weighted by atomic mass is 9.82. The number of ether oxygens (including phenoxy) is 1. The van der Waals surface area contributed by atoms with Crippen molar-refractivity contribution in [2.75, 3.05) is 39.5 Å². The van der Waals surface area contributed by atoms with Gasteiger partial charge in [0.2, 0.25) is 0 Å². The molecular formula is C14H27NO2. The summed E-state index contributed by atoms with van der Waals surface area (Å²) in [5.74, 6) is 0.932. The first-order chi connectivity index (χ1) is 8.28. The largest absolute Gasteiger partial charge is 0.396 e. The summed E-state index contributed by atoms with van der Waals surface area (Å²) in [6.45, 7) is 7.55. The van der Waals surface area contributed by atoms with E-state index in [0.29, 0.717) is 0 Å². The second kappa shape index (κ2) is 6.17. The number of hydrogen-bond acceptors (Lipinski definition) is 3. The first-order valence-electron chi connectivity index (χ1n) is 7.19. The van der Waals surface area contributed by atoms with Gasteiger partial charge >= 0.3 is 0 Å². The van der Waals surface area contributed by atoms with Gasteiger partial charge in [-0.25, -0.2) is 0 Å². The van der Waals surface area contributed by atoms with Crippen molar-refractivity contribution in [3.05, 3.63) is 0 Å². The maximum atomic E-state index is 9.70. The Bertz CT molecular complexity index is 222. The Labute approximate surface area is 105 Å². The summed E-state index contributed by atoms with van der Waals surface area (Å²) in [5, 5.41) is 9.70. The summed E-state index contributed by atoms with van der Waals surface area (Å²) < 4.78 is 5.59. The Morgan fingerprint density at radius 2 is 2.24 bits per heavy atom. The molecule has 0 aromatic heterocycles. The molecule has 0 aromatic rings. The lowest BCUT2D eigenvalue weighted by Crippen LogP contribution is -2.46. The standard InChI is InChI=1S/C14H27NO2/c1-2-7-15(9-13-4-5-13)10-14(11-16)6-3-8-17-12-14/h13,16H,2-12H2,1H3. The number of hydrogen-bond donors (Lipinski definition) is 1. The second-order valence-electron chi connectivity index (χ2n) is 5.99. The van der Waals surface area contributed by atoms with Crippen molar-refractivity contribution in [1.29, 1.82) is 0 Å². The van der Waals surface area contributed by atoms with E-state index >= 15 is 0 Å². The van der Waals surface area contributed by atoms with Crippen molar-refractivity contribution in [2.24, 2.45) is 11.3 Å². The SMILES string of the molecule is CCCN(CC1CC1)CC1(CO)CCCOC1. The highest BCUT2D eigenvalue weighted by Crippen LogP contribution is 2.33. The molecule has 3 heteroatoms. The van der Waals surface area contributed by atoms with E-state index < -0.39 is 0 Å². The van der Waals surface area contributed by atoms with E-state index in [0.717, 1.165) is 45.1 Å². The highest BCUT2D eigenvalue weighted by molar-refractivity contribution is 4.86. The molecule has 3 nitrogen and oxygen atoms in total. The lowest BCUT2D eigenvalue weighted by molar-refractivity contribution is -0.0558. The van der Waals surface area contributed by atoms with E-state index in [1.807, 2.05) is 0 Å². The second-order valence-corrected chi connectivity index (χ2v) is 5.99. The smallest absolute Gasteiger partial charge is 0.0556 e. The van der Waals surface area contributed by atoms with Crippen LogP contribution in [0.25, 0.3) is 0 Å². The van der Waals surface area contributed by atoms with Crippen LogP contribution in [-0.4, -0.2) is 49.5 Å². The summed E-state index contributed by atoms with van der Waals surface area (Å²) in [6.07, 6.45) is 6.24. The average molecular weight is 241 g/mol. The number of aliphatic hydroxyl groups excluding tert-OH is 1. The summed E-state index contributed by atoms with van der Waals surface area (Å²) in [5.41, 5.74) is 0.0162. The van der Waals surface area contributed by atoms with Gasteiger partial charge in [0.1, 0.15) is 0 Å². The summed E-state index contributed by atoms with van der Waals surface area (Å²) in [7, 11) is 0. The molecule has 0 amide bonds. The first-order valence-corrected chi connectivity index (χ1v) is 7.19. The van der Waals surface area contributed by atoms with Crippen LogP contribution in [0, 0.1) is 11.3 Å². The molecule has 1 saturated heterocycles. The third-order valence-corrected chi connectivity index (χ3v) is 4.05. The van der Waals surface area contributed by atoms with Gasteiger partial charge in [-0.15, -0.1) is 0 Å². The molecule has 100 valence electrons. The van der Waals surface area contributed by atoms with Crippen molar-refractivity contribution >= 4 is 0 Å². The van der Waals surface area contributed by atoms with E-state index in [-0.39, 0.29) is 12.0 Å². The molecule has 0 spiro atoms. The quantitative estimate of drug-likeness (QED) is 0.739. The Kier molecular flexibility index (Phi) is 4.83. The lowest BCUT2D eigenvalue weighted by Gasteiger charge is -2.39. The maximum Gasteiger partial charge on any atom is 0.0556 e. The molecule has 2 fully saturated rings. The summed E-state index contributed by atoms with van der Waals surface area (Å²) in [4.78, 5) is 2.56. The van der Waals surface area contributed by atoms with Gasteiger partial charge in [0.05, 0.1) is 13.2 Å². The maximum absolute atomic E-state index is 9.70. The van der Waals surface area contributed by atoms with Crippen LogP contribution >= 0.6 is 0 Å². The monoisotopic (exact) mass is 241 g/mol. The number of rotatable bonds is 7. The minimum atomic E-state index is 0.0162. The van der Waals surface area contributed by atoms with Crippen molar-refractivity contribution in [1.82, 2.24) is 4.90 Å². The highest BCUT2D eigenvalue weighted by Gasteiger charge is 2.35. The molecule has 1 atom stereocenters. The molecule has 2 aliphatic rings. The van der Waals surface area contributed by atoms with Crippen LogP contribution in [0.1, 0.15) is 39.0 Å². The molecule has 2 rings (SSSR count). The molecule has 1 unspecified atom stereocenters. The van der Waals surface area contributed by atoms with Gasteiger partial charge in [0.15, 0.2) is 0 Å². The molecular weight excluding hydrogens is 214 g/mol. The number of nitrogens with zero attached hydrogens (tertiary/aromatic N) is 1. The molecule has 0 aromatic carbocycles. The molecule has 1 aliphatic carbocycles. The van der Waals surface area contributed by atoms with Crippen LogP contribution in [0.3, 0.4) is 0 Å². The molecule has 1 N–H and O–H groups in total. The van der Waals surface area contributed by atoms with Gasteiger partial charge in [0, 0.05) is 25.1 Å². The van der Waals surface area contributed by atoms with Gasteiger partial charge in [0.25, 0.3) is 0 Å². The Morgan fingerprint density at radius 1 is 1.41 bits per heavy atom. The van der Waals surface area contributed by atoms with Crippen molar-refractivity contribution in [2.45, 2.75) is 39.0 Å². The fraction of sp³-hybridized carbons (Fsp3) is 1.00. The predicted molar refractivity (Wildman–Crippen MR) is 69.0 cm³/mol. The zero-order valence-corrected chi connectivity index (χ0v) is 11.2. The summed E-state index contributed by atoms with van der Waals surface area (Å²) >= 11 is 0. The van der Waals surface area contributed by atoms with Crippen LogP contribution in [0.5, 0.6) is 0 Å². The van der Waals surface area contributed by atoms with Crippen LogP contribution in [0.15, 0.2) is 0 Å². The number of aliphatic hydroxyl groups is 1. The zero-order chi connectivity index (χ0) is 12.1. The van der Waals surface area contributed by atoms with Crippen molar-refractivity contribution in [3.63, 3.8) is 0 Å². The molecule has 0 radical (unpaired) electrons. The van der Waals surface area contributed by atoms with Crippen LogP contribution in [0.2, 0.25) is 0 Å². The Balaban J connectivity index is 1.87. The van der Waals surface area contributed by atoms with E-state index in [4.69, 9.17) is 4.74 Å². The van der Waals surface area contributed by atoms with Crippen LogP contribution in [-0.2, 0) is 4.74 Å². The van der Waals surface area contributed by atoms with Crippen LogP contribution < -0.4 is 0 Å². The fourth-order valence-corrected chi connectivity index (χ4v) is 2.90. The predicted octanol–water partition coefficient (Wildman–Crippen LogP) is 1.90. The van der Waals surface area contributed by atoms with Gasteiger partial charge in [-0.1, -0.05) is 6.92 Å². The Morgan fingerprint density at radius 3 is 2.76 bits per heavy atom. The third kappa shape index (κ3) is 3.94. The van der Waals surface area contributed by atoms with E-state index in [1.165, 1.54) is 25.8 Å². The zero-order valence-electron chi connectivity index (χ0n) is 11.2. The van der Waals surface area contributed by atoms with Crippen LogP contribution in [0.4, 0.5) is 0 Å². The van der Waals surface area contributed by atoms with E-state index in [9.17, 15) is 5.11 Å². The van der Waals surface area contributed by atoms with E-state index in [1.54, 1.807) is 0 Å². The first kappa shape index (κ1) is 13.3. The van der Waals surface area contributed by atoms with E-state index in [2.05, 4.69) is 11.8 Å². The minimum absolute atomic E-state index is 0.0162. The van der Waals surface area contributed by atoms with Gasteiger partial charge in [-0.3, -0.25) is 0 Å². The van der Waals surface area contributed by atoms with Gasteiger partial charge in [-0.2, -0.15) is 0 Å². The molecule has 1 aliphatic heterocycles. The average Bonchev–Trinajstić information content (AvgIpc) is 3.14. The normalized spacial score (nSPS) is 29.8. The van der Waals surface area contributed by atoms with Gasteiger partial charge in [-0.05, 0) is 44.6 Å². The van der Waals surface area contributed by atoms with Crippen molar-refractivity contribution < 1.29 is 9.84 Å². The molecule has 1 heterocycles. The highest BCUT2D eigenvalue weighted by atomic mass is 16.5. The Hall–Kier alpha value is -0.120. The fourth-order valence-electron chi connectivity index (χ4n) is 2.90. The van der Waals surface area contributed by atoms with Gasteiger partial charge < -0.3 is 14.7 Å². The van der Waals surface area contributed by atoms with Crippen molar-refractivity contribution in [3.8, 4) is 0 Å². The minimum Gasteiger partial charge on any atom is -0.396 e. The molecule has 0 bridgehead atoms. The topological polar surface area (TPSA) is 32.7 Å².